The summed E-state index contributed by atoms with van der Waals surface area (Å²) in [6.07, 6.45) is 3.27. The Kier molecular flexibility index (Phi) is 2.62. The minimum Gasteiger partial charge on any atom is -0.356 e. The van der Waals surface area contributed by atoms with Crippen molar-refractivity contribution < 1.29 is 4.79 Å². The second-order valence-electron chi connectivity index (χ2n) is 5.21. The Morgan fingerprint density at radius 1 is 1.44 bits per heavy atom. The van der Waals surface area contributed by atoms with Crippen molar-refractivity contribution in [2.75, 3.05) is 0 Å². The molecule has 0 fully saturated rings. The van der Waals surface area contributed by atoms with Gasteiger partial charge in [-0.05, 0) is 43.9 Å². The van der Waals surface area contributed by atoms with Crippen LogP contribution in [-0.4, -0.2) is 10.9 Å². The Hall–Kier alpha value is -1.77. The molecule has 2 N–H and O–H groups in total. The molecular weight excluding hydrogens is 224 g/mol. The number of aromatic amines is 1. The van der Waals surface area contributed by atoms with E-state index in [1.807, 2.05) is 0 Å². The number of fused-ring (bicyclic) bond motifs is 3. The van der Waals surface area contributed by atoms with Gasteiger partial charge in [0.2, 0.25) is 5.91 Å². The lowest BCUT2D eigenvalue weighted by Crippen LogP contribution is -2.28. The molecule has 1 unspecified atom stereocenters. The van der Waals surface area contributed by atoms with Crippen LogP contribution in [0, 0.1) is 6.92 Å². The Morgan fingerprint density at radius 2 is 2.28 bits per heavy atom. The number of amides is 1. The summed E-state index contributed by atoms with van der Waals surface area (Å²) in [5.74, 6) is 0.0442. The summed E-state index contributed by atoms with van der Waals surface area (Å²) in [6, 6.07) is 6.64. The molecule has 3 nitrogen and oxygen atoms in total. The summed E-state index contributed by atoms with van der Waals surface area (Å²) < 4.78 is 0. The average Bonchev–Trinajstić information content (AvgIpc) is 2.68. The Balaban J connectivity index is 2.12. The molecule has 2 aromatic rings. The maximum Gasteiger partial charge on any atom is 0.217 e. The third-order valence-corrected chi connectivity index (χ3v) is 3.74. The number of benzene rings is 1. The highest BCUT2D eigenvalue weighted by Crippen LogP contribution is 2.34. The summed E-state index contributed by atoms with van der Waals surface area (Å²) in [5.41, 5.74) is 5.06. The molecule has 0 spiro atoms. The van der Waals surface area contributed by atoms with Gasteiger partial charge in [0.05, 0.1) is 6.04 Å². The van der Waals surface area contributed by atoms with E-state index < -0.39 is 0 Å². The third kappa shape index (κ3) is 1.80. The van der Waals surface area contributed by atoms with Crippen LogP contribution in [0.5, 0.6) is 0 Å². The summed E-state index contributed by atoms with van der Waals surface area (Å²) in [6.45, 7) is 3.70. The highest BCUT2D eigenvalue weighted by Gasteiger charge is 2.24. The molecule has 1 heterocycles. The van der Waals surface area contributed by atoms with Gasteiger partial charge >= 0.3 is 0 Å². The van der Waals surface area contributed by atoms with Crippen LogP contribution >= 0.6 is 0 Å². The van der Waals surface area contributed by atoms with Gasteiger partial charge in [-0.3, -0.25) is 4.79 Å². The van der Waals surface area contributed by atoms with Crippen LogP contribution in [-0.2, 0) is 11.2 Å². The van der Waals surface area contributed by atoms with Crippen molar-refractivity contribution in [1.29, 1.82) is 0 Å². The van der Waals surface area contributed by atoms with Crippen molar-refractivity contribution in [3.8, 4) is 0 Å². The predicted octanol–water partition coefficient (Wildman–Crippen LogP) is 2.99. The van der Waals surface area contributed by atoms with Crippen LogP contribution < -0.4 is 5.32 Å². The number of H-pyrrole nitrogens is 1. The summed E-state index contributed by atoms with van der Waals surface area (Å²) in [4.78, 5) is 14.8. The van der Waals surface area contributed by atoms with Gasteiger partial charge in [-0.25, -0.2) is 0 Å². The van der Waals surface area contributed by atoms with Gasteiger partial charge < -0.3 is 10.3 Å². The maximum absolute atomic E-state index is 11.3. The SMILES string of the molecule is CC(=O)NC1CCCc2c1[nH]c1ccc(C)cc21. The quantitative estimate of drug-likeness (QED) is 0.793. The predicted molar refractivity (Wildman–Crippen MR) is 72.5 cm³/mol. The fourth-order valence-corrected chi connectivity index (χ4v) is 2.97. The second kappa shape index (κ2) is 4.16. The van der Waals surface area contributed by atoms with E-state index in [0.717, 1.165) is 19.3 Å². The largest absolute Gasteiger partial charge is 0.356 e. The van der Waals surface area contributed by atoms with Crippen molar-refractivity contribution in [3.63, 3.8) is 0 Å². The van der Waals surface area contributed by atoms with E-state index in [2.05, 4.69) is 35.4 Å². The van der Waals surface area contributed by atoms with Crippen molar-refractivity contribution in [3.05, 3.63) is 35.0 Å². The number of aromatic nitrogens is 1. The first-order valence-corrected chi connectivity index (χ1v) is 6.53. The number of rotatable bonds is 1. The molecule has 3 heteroatoms. The van der Waals surface area contributed by atoms with E-state index in [1.165, 1.54) is 27.7 Å². The lowest BCUT2D eigenvalue weighted by molar-refractivity contribution is -0.119. The normalized spacial score (nSPS) is 18.7. The fraction of sp³-hybridized carbons (Fsp3) is 0.400. The Labute approximate surface area is 107 Å². The van der Waals surface area contributed by atoms with Gasteiger partial charge in [-0.2, -0.15) is 0 Å². The van der Waals surface area contributed by atoms with E-state index >= 15 is 0 Å². The van der Waals surface area contributed by atoms with E-state index in [0.29, 0.717) is 0 Å². The standard InChI is InChI=1S/C15H18N2O/c1-9-6-7-13-12(8-9)11-4-3-5-14(15(11)17-13)16-10(2)18/h6-8,14,17H,3-5H2,1-2H3,(H,16,18). The number of nitrogens with one attached hydrogen (secondary N) is 2. The highest BCUT2D eigenvalue weighted by molar-refractivity contribution is 5.86. The van der Waals surface area contributed by atoms with Crippen LogP contribution in [0.3, 0.4) is 0 Å². The number of carbonyl (C=O) groups excluding carboxylic acids is 1. The first-order chi connectivity index (χ1) is 8.65. The fourth-order valence-electron chi connectivity index (χ4n) is 2.97. The number of aryl methyl sites for hydroxylation is 2. The molecular formula is C15H18N2O. The second-order valence-corrected chi connectivity index (χ2v) is 5.21. The van der Waals surface area contributed by atoms with Crippen molar-refractivity contribution in [2.24, 2.45) is 0 Å². The number of hydrogen-bond donors (Lipinski definition) is 2. The number of carbonyl (C=O) groups is 1. The maximum atomic E-state index is 11.3. The topological polar surface area (TPSA) is 44.9 Å². The minimum atomic E-state index is 0.0442. The van der Waals surface area contributed by atoms with Gasteiger partial charge in [-0.15, -0.1) is 0 Å². The lowest BCUT2D eigenvalue weighted by atomic mass is 9.91. The van der Waals surface area contributed by atoms with Crippen LogP contribution in [0.4, 0.5) is 0 Å². The van der Waals surface area contributed by atoms with Crippen LogP contribution in [0.2, 0.25) is 0 Å². The molecule has 1 aliphatic rings. The van der Waals surface area contributed by atoms with Gasteiger partial charge in [0, 0.05) is 23.5 Å². The van der Waals surface area contributed by atoms with E-state index in [9.17, 15) is 4.79 Å². The van der Waals surface area contributed by atoms with Gasteiger partial charge in [0.15, 0.2) is 0 Å². The van der Waals surface area contributed by atoms with Crippen molar-refractivity contribution >= 4 is 16.8 Å². The molecule has 18 heavy (non-hydrogen) atoms. The zero-order chi connectivity index (χ0) is 12.7. The molecule has 1 amide bonds. The monoisotopic (exact) mass is 242 g/mol. The first kappa shape index (κ1) is 11.3. The average molecular weight is 242 g/mol. The molecule has 1 atom stereocenters. The van der Waals surface area contributed by atoms with Crippen molar-refractivity contribution in [1.82, 2.24) is 10.3 Å². The highest BCUT2D eigenvalue weighted by atomic mass is 16.1. The molecule has 1 aromatic carbocycles. The molecule has 0 saturated heterocycles. The first-order valence-electron chi connectivity index (χ1n) is 6.53. The zero-order valence-electron chi connectivity index (χ0n) is 10.8. The minimum absolute atomic E-state index is 0.0442. The summed E-state index contributed by atoms with van der Waals surface area (Å²) >= 11 is 0. The molecule has 1 aliphatic carbocycles. The molecule has 94 valence electrons. The lowest BCUT2D eigenvalue weighted by Gasteiger charge is -2.23. The van der Waals surface area contributed by atoms with E-state index in [-0.39, 0.29) is 11.9 Å². The van der Waals surface area contributed by atoms with E-state index in [1.54, 1.807) is 6.92 Å². The Bertz CT molecular complexity index is 612. The summed E-state index contributed by atoms with van der Waals surface area (Å²) in [5, 5.41) is 4.36. The van der Waals surface area contributed by atoms with Crippen LogP contribution in [0.25, 0.3) is 10.9 Å². The van der Waals surface area contributed by atoms with Crippen molar-refractivity contribution in [2.45, 2.75) is 39.2 Å². The molecule has 0 aliphatic heterocycles. The van der Waals surface area contributed by atoms with Gasteiger partial charge in [0.1, 0.15) is 0 Å². The van der Waals surface area contributed by atoms with Crippen LogP contribution in [0.1, 0.15) is 42.6 Å². The summed E-state index contributed by atoms with van der Waals surface area (Å²) in [7, 11) is 0. The smallest absolute Gasteiger partial charge is 0.217 e. The third-order valence-electron chi connectivity index (χ3n) is 3.74. The molecule has 0 radical (unpaired) electrons. The van der Waals surface area contributed by atoms with Crippen LogP contribution in [0.15, 0.2) is 18.2 Å². The Morgan fingerprint density at radius 3 is 3.06 bits per heavy atom. The van der Waals surface area contributed by atoms with Gasteiger partial charge in [0.25, 0.3) is 0 Å². The molecule has 3 rings (SSSR count). The molecule has 1 aromatic heterocycles. The number of hydrogen-bond acceptors (Lipinski definition) is 1. The van der Waals surface area contributed by atoms with E-state index in [4.69, 9.17) is 0 Å². The molecule has 0 bridgehead atoms. The zero-order valence-corrected chi connectivity index (χ0v) is 10.8. The van der Waals surface area contributed by atoms with Gasteiger partial charge in [-0.1, -0.05) is 11.6 Å². The molecule has 0 saturated carbocycles.